The maximum absolute atomic E-state index is 13.7. The van der Waals surface area contributed by atoms with E-state index in [-0.39, 0.29) is 5.56 Å². The van der Waals surface area contributed by atoms with E-state index in [0.717, 1.165) is 33.2 Å². The molecule has 0 unspecified atom stereocenters. The molecule has 194 valence electrons. The van der Waals surface area contributed by atoms with Gasteiger partial charge in [-0.05, 0) is 64.5 Å². The molecule has 1 N–H and O–H groups in total. The summed E-state index contributed by atoms with van der Waals surface area (Å²) in [5.41, 5.74) is 5.54. The molecule has 0 aliphatic carbocycles. The van der Waals surface area contributed by atoms with Gasteiger partial charge in [0.15, 0.2) is 5.82 Å². The third kappa shape index (κ3) is 5.53. The number of tetrazole rings is 1. The molecule has 0 spiro atoms. The molecule has 0 saturated carbocycles. The van der Waals surface area contributed by atoms with Crippen LogP contribution in [0.1, 0.15) is 39.7 Å². The Kier molecular flexibility index (Phi) is 7.67. The summed E-state index contributed by atoms with van der Waals surface area (Å²) in [4.78, 5) is 23.4. The Morgan fingerprint density at radius 1 is 1.03 bits per heavy atom. The van der Waals surface area contributed by atoms with Crippen LogP contribution in [0.3, 0.4) is 0 Å². The molecule has 0 bridgehead atoms. The maximum atomic E-state index is 13.7. The molecule has 3 heterocycles. The predicted molar refractivity (Wildman–Crippen MR) is 146 cm³/mol. The standard InChI is InChI=1S/C29H31N7O2/c1-20-14-21(2)26-24(15-20)16-25(29(37)31-26)27(28-32-33-34-36(28)12-13-38-3)35(18-22-8-5-4-6-9-22)19-23-10-7-11-30-17-23/h4-11,14-17,27H,12-13,18-19H2,1-3H3,(H,31,37)/t27-/m0/s1. The lowest BCUT2D eigenvalue weighted by atomic mass is 9.99. The number of H-pyrrole nitrogens is 1. The Hall–Kier alpha value is -4.21. The molecule has 0 saturated heterocycles. The van der Waals surface area contributed by atoms with E-state index in [2.05, 4.69) is 61.6 Å². The Labute approximate surface area is 221 Å². The fourth-order valence-electron chi connectivity index (χ4n) is 4.93. The molecular formula is C29H31N7O2. The van der Waals surface area contributed by atoms with Crippen LogP contribution in [-0.2, 0) is 24.4 Å². The zero-order valence-electron chi connectivity index (χ0n) is 21.8. The summed E-state index contributed by atoms with van der Waals surface area (Å²) in [6.07, 6.45) is 3.60. The second kappa shape index (κ2) is 11.5. The molecule has 1 atom stereocenters. The lowest BCUT2D eigenvalue weighted by Crippen LogP contribution is -2.35. The largest absolute Gasteiger partial charge is 0.383 e. The number of methoxy groups -OCH3 is 1. The number of aryl methyl sites for hydroxylation is 2. The Morgan fingerprint density at radius 2 is 1.82 bits per heavy atom. The van der Waals surface area contributed by atoms with Crippen LogP contribution in [-0.4, -0.2) is 48.8 Å². The molecular weight excluding hydrogens is 478 g/mol. The number of benzene rings is 2. The minimum Gasteiger partial charge on any atom is -0.383 e. The normalized spacial score (nSPS) is 12.3. The van der Waals surface area contributed by atoms with E-state index in [0.29, 0.717) is 37.6 Å². The summed E-state index contributed by atoms with van der Waals surface area (Å²) < 4.78 is 7.03. The van der Waals surface area contributed by atoms with Crippen molar-refractivity contribution in [3.63, 3.8) is 0 Å². The van der Waals surface area contributed by atoms with Crippen molar-refractivity contribution in [2.45, 2.75) is 39.5 Å². The number of nitrogens with zero attached hydrogens (tertiary/aromatic N) is 6. The van der Waals surface area contributed by atoms with Gasteiger partial charge in [-0.25, -0.2) is 4.68 Å². The molecule has 9 nitrogen and oxygen atoms in total. The molecule has 0 fully saturated rings. The van der Waals surface area contributed by atoms with Crippen LogP contribution in [0, 0.1) is 13.8 Å². The van der Waals surface area contributed by atoms with Gasteiger partial charge >= 0.3 is 0 Å². The fraction of sp³-hybridized carbons (Fsp3) is 0.276. The second-order valence-corrected chi connectivity index (χ2v) is 9.51. The van der Waals surface area contributed by atoms with Gasteiger partial charge in [0.1, 0.15) is 6.04 Å². The monoisotopic (exact) mass is 509 g/mol. The van der Waals surface area contributed by atoms with E-state index < -0.39 is 6.04 Å². The van der Waals surface area contributed by atoms with Crippen molar-refractivity contribution in [3.05, 3.63) is 117 Å². The van der Waals surface area contributed by atoms with E-state index in [1.54, 1.807) is 18.0 Å². The first kappa shape index (κ1) is 25.4. The van der Waals surface area contributed by atoms with Crippen molar-refractivity contribution in [1.29, 1.82) is 0 Å². The fourth-order valence-corrected chi connectivity index (χ4v) is 4.93. The van der Waals surface area contributed by atoms with Gasteiger partial charge in [-0.1, -0.05) is 48.0 Å². The second-order valence-electron chi connectivity index (χ2n) is 9.51. The molecule has 0 radical (unpaired) electrons. The van der Waals surface area contributed by atoms with Gasteiger partial charge in [-0.15, -0.1) is 5.10 Å². The van der Waals surface area contributed by atoms with Gasteiger partial charge in [-0.2, -0.15) is 0 Å². The quantitative estimate of drug-likeness (QED) is 0.304. The number of aromatic nitrogens is 6. The summed E-state index contributed by atoms with van der Waals surface area (Å²) in [6.45, 7) is 6.09. The molecule has 0 amide bonds. The average molecular weight is 510 g/mol. The Bertz CT molecular complexity index is 1520. The van der Waals surface area contributed by atoms with Crippen LogP contribution in [0.25, 0.3) is 10.9 Å². The smallest absolute Gasteiger partial charge is 0.253 e. The maximum Gasteiger partial charge on any atom is 0.253 e. The van der Waals surface area contributed by atoms with E-state index in [1.807, 2.05) is 49.5 Å². The number of aromatic amines is 1. The third-order valence-corrected chi connectivity index (χ3v) is 6.63. The highest BCUT2D eigenvalue weighted by Gasteiger charge is 2.31. The number of nitrogens with one attached hydrogen (secondary N) is 1. The number of hydrogen-bond donors (Lipinski definition) is 1. The minimum atomic E-state index is -0.531. The molecule has 0 aliphatic heterocycles. The first-order valence-corrected chi connectivity index (χ1v) is 12.6. The van der Waals surface area contributed by atoms with Crippen LogP contribution in [0.4, 0.5) is 0 Å². The van der Waals surface area contributed by atoms with Crippen LogP contribution in [0.15, 0.2) is 77.9 Å². The highest BCUT2D eigenvalue weighted by molar-refractivity contribution is 5.83. The van der Waals surface area contributed by atoms with E-state index in [1.165, 1.54) is 0 Å². The molecule has 38 heavy (non-hydrogen) atoms. The van der Waals surface area contributed by atoms with Crippen molar-refractivity contribution in [2.24, 2.45) is 0 Å². The van der Waals surface area contributed by atoms with Crippen molar-refractivity contribution in [1.82, 2.24) is 35.1 Å². The van der Waals surface area contributed by atoms with E-state index in [4.69, 9.17) is 4.74 Å². The van der Waals surface area contributed by atoms with Crippen molar-refractivity contribution in [3.8, 4) is 0 Å². The summed E-state index contributed by atoms with van der Waals surface area (Å²) in [5, 5.41) is 13.6. The van der Waals surface area contributed by atoms with Crippen molar-refractivity contribution < 1.29 is 4.74 Å². The lowest BCUT2D eigenvalue weighted by molar-refractivity contribution is 0.169. The van der Waals surface area contributed by atoms with Gasteiger partial charge < -0.3 is 9.72 Å². The van der Waals surface area contributed by atoms with Gasteiger partial charge in [0.05, 0.1) is 18.7 Å². The molecule has 5 rings (SSSR count). The molecule has 3 aromatic heterocycles. The zero-order chi connectivity index (χ0) is 26.5. The Morgan fingerprint density at radius 3 is 2.58 bits per heavy atom. The summed E-state index contributed by atoms with van der Waals surface area (Å²) in [5.74, 6) is 0.580. The minimum absolute atomic E-state index is 0.167. The predicted octanol–water partition coefficient (Wildman–Crippen LogP) is 3.96. The molecule has 9 heteroatoms. The average Bonchev–Trinajstić information content (AvgIpc) is 3.37. The Balaban J connectivity index is 1.71. The van der Waals surface area contributed by atoms with E-state index in [9.17, 15) is 4.79 Å². The van der Waals surface area contributed by atoms with Crippen LogP contribution >= 0.6 is 0 Å². The zero-order valence-corrected chi connectivity index (χ0v) is 21.8. The highest BCUT2D eigenvalue weighted by Crippen LogP contribution is 2.30. The first-order valence-electron chi connectivity index (χ1n) is 12.6. The van der Waals surface area contributed by atoms with Crippen LogP contribution < -0.4 is 5.56 Å². The van der Waals surface area contributed by atoms with Crippen LogP contribution in [0.5, 0.6) is 0 Å². The topological polar surface area (TPSA) is 102 Å². The SMILES string of the molecule is COCCn1nnnc1[C@H](c1cc2cc(C)cc(C)c2[nH]c1=O)N(Cc1ccccc1)Cc1cccnc1. The number of pyridine rings is 2. The number of ether oxygens (including phenoxy) is 1. The van der Waals surface area contributed by atoms with Crippen LogP contribution in [0.2, 0.25) is 0 Å². The molecule has 0 aliphatic rings. The van der Waals surface area contributed by atoms with Gasteiger partial charge in [0, 0.05) is 38.2 Å². The lowest BCUT2D eigenvalue weighted by Gasteiger charge is -2.31. The number of hydrogen-bond acceptors (Lipinski definition) is 7. The number of fused-ring (bicyclic) bond motifs is 1. The molecule has 5 aromatic rings. The van der Waals surface area contributed by atoms with E-state index >= 15 is 0 Å². The summed E-state index contributed by atoms with van der Waals surface area (Å²) >= 11 is 0. The summed E-state index contributed by atoms with van der Waals surface area (Å²) in [6, 6.07) is 19.8. The molecule has 2 aromatic carbocycles. The summed E-state index contributed by atoms with van der Waals surface area (Å²) in [7, 11) is 1.64. The van der Waals surface area contributed by atoms with Crippen molar-refractivity contribution >= 4 is 10.9 Å². The number of rotatable bonds is 10. The van der Waals surface area contributed by atoms with Gasteiger partial charge in [0.25, 0.3) is 5.56 Å². The van der Waals surface area contributed by atoms with Gasteiger partial charge in [-0.3, -0.25) is 14.7 Å². The first-order chi connectivity index (χ1) is 18.5. The highest BCUT2D eigenvalue weighted by atomic mass is 16.5. The van der Waals surface area contributed by atoms with Crippen molar-refractivity contribution in [2.75, 3.05) is 13.7 Å². The third-order valence-electron chi connectivity index (χ3n) is 6.63. The van der Waals surface area contributed by atoms with Gasteiger partial charge in [0.2, 0.25) is 0 Å².